The van der Waals surface area contributed by atoms with Gasteiger partial charge in [0.2, 0.25) is 0 Å². The Balaban J connectivity index is 1.27. The summed E-state index contributed by atoms with van der Waals surface area (Å²) in [7, 11) is 0. The first-order valence-corrected chi connectivity index (χ1v) is 9.57. The minimum absolute atomic E-state index is 0.00531. The number of rotatable bonds is 6. The summed E-state index contributed by atoms with van der Waals surface area (Å²) in [6, 6.07) is 1.55. The number of carbonyl (C=O) groups is 1. The number of carbonyl (C=O) groups excluding carboxylic acids is 1. The summed E-state index contributed by atoms with van der Waals surface area (Å²) in [5.74, 6) is 0. The molecule has 0 aromatic carbocycles. The van der Waals surface area contributed by atoms with Crippen LogP contribution in [0.2, 0.25) is 0 Å². The highest BCUT2D eigenvalue weighted by molar-refractivity contribution is 5.74. The molecule has 0 bridgehead atoms. The summed E-state index contributed by atoms with van der Waals surface area (Å²) in [6.45, 7) is 6.80. The molecule has 2 aliphatic heterocycles. The molecule has 7 heteroatoms. The maximum Gasteiger partial charge on any atom is 0.315 e. The average Bonchev–Trinajstić information content (AvgIpc) is 3.07. The molecular formula is C18H29N5O2. The smallest absolute Gasteiger partial charge is 0.315 e. The summed E-state index contributed by atoms with van der Waals surface area (Å²) >= 11 is 0. The molecule has 2 N–H and O–H groups in total. The van der Waals surface area contributed by atoms with E-state index >= 15 is 0 Å². The third kappa shape index (κ3) is 3.67. The van der Waals surface area contributed by atoms with Crippen LogP contribution in [0.5, 0.6) is 0 Å². The monoisotopic (exact) mass is 347 g/mol. The van der Waals surface area contributed by atoms with Crippen molar-refractivity contribution >= 4 is 6.03 Å². The molecule has 3 atom stereocenters. The topological polar surface area (TPSA) is 71.4 Å². The Bertz CT molecular complexity index is 612. The van der Waals surface area contributed by atoms with Gasteiger partial charge in [-0.05, 0) is 39.5 Å². The summed E-state index contributed by atoms with van der Waals surface area (Å²) in [4.78, 5) is 14.8. The third-order valence-corrected chi connectivity index (χ3v) is 5.59. The zero-order valence-electron chi connectivity index (χ0n) is 15.1. The van der Waals surface area contributed by atoms with Crippen LogP contribution in [0.15, 0.2) is 12.4 Å². The highest BCUT2D eigenvalue weighted by atomic mass is 16.5. The number of nitrogens with one attached hydrogen (secondary N) is 2. The largest absolute Gasteiger partial charge is 0.371 e. The standard InChI is InChI=1S/C18H29N5O2/c1-12(2)23-11-13(9-20-23)17-16(6-8-25-17)21-18(24)19-10-15-5-7-22(15)14-3-4-14/h9,11-12,14-17H,3-8,10H2,1-2H3,(H2,19,21,24)/t15?,16-,17+/m1/s1. The van der Waals surface area contributed by atoms with Gasteiger partial charge in [-0.3, -0.25) is 9.58 Å². The quantitative estimate of drug-likeness (QED) is 0.824. The van der Waals surface area contributed by atoms with E-state index in [1.54, 1.807) is 0 Å². The lowest BCUT2D eigenvalue weighted by Crippen LogP contribution is -2.56. The van der Waals surface area contributed by atoms with Crippen LogP contribution in [0.25, 0.3) is 0 Å². The van der Waals surface area contributed by atoms with Crippen molar-refractivity contribution in [1.82, 2.24) is 25.3 Å². The number of hydrogen-bond acceptors (Lipinski definition) is 4. The highest BCUT2D eigenvalue weighted by Crippen LogP contribution is 2.34. The lowest BCUT2D eigenvalue weighted by molar-refractivity contribution is 0.0814. The van der Waals surface area contributed by atoms with Crippen LogP contribution in [0, 0.1) is 0 Å². The van der Waals surface area contributed by atoms with E-state index in [0.717, 1.165) is 24.6 Å². The van der Waals surface area contributed by atoms with Crippen LogP contribution in [0.3, 0.4) is 0 Å². The molecule has 0 spiro atoms. The second kappa shape index (κ2) is 6.96. The first-order valence-electron chi connectivity index (χ1n) is 9.57. The van der Waals surface area contributed by atoms with Crippen molar-refractivity contribution in [3.63, 3.8) is 0 Å². The molecule has 3 heterocycles. The van der Waals surface area contributed by atoms with Gasteiger partial charge in [-0.25, -0.2) is 4.79 Å². The van der Waals surface area contributed by atoms with Gasteiger partial charge in [-0.15, -0.1) is 0 Å². The summed E-state index contributed by atoms with van der Waals surface area (Å²) < 4.78 is 7.78. The van der Waals surface area contributed by atoms with Gasteiger partial charge in [0.1, 0.15) is 6.10 Å². The molecule has 2 saturated heterocycles. The fourth-order valence-electron chi connectivity index (χ4n) is 3.84. The number of ether oxygens (including phenoxy) is 1. The van der Waals surface area contributed by atoms with Crippen LogP contribution < -0.4 is 10.6 Å². The fourth-order valence-corrected chi connectivity index (χ4v) is 3.84. The summed E-state index contributed by atoms with van der Waals surface area (Å²) in [6.07, 6.45) is 8.45. The van der Waals surface area contributed by atoms with Gasteiger partial charge < -0.3 is 15.4 Å². The van der Waals surface area contributed by atoms with E-state index in [2.05, 4.69) is 34.5 Å². The lowest BCUT2D eigenvalue weighted by atomic mass is 10.0. The third-order valence-electron chi connectivity index (χ3n) is 5.59. The molecule has 3 aliphatic rings. The van der Waals surface area contributed by atoms with Gasteiger partial charge >= 0.3 is 6.03 Å². The van der Waals surface area contributed by atoms with E-state index in [1.807, 2.05) is 17.1 Å². The Morgan fingerprint density at radius 2 is 2.20 bits per heavy atom. The zero-order valence-corrected chi connectivity index (χ0v) is 15.1. The Labute approximate surface area is 149 Å². The lowest BCUT2D eigenvalue weighted by Gasteiger charge is -2.41. The minimum atomic E-state index is -0.107. The maximum absolute atomic E-state index is 12.3. The van der Waals surface area contributed by atoms with Crippen LogP contribution in [0.1, 0.15) is 57.2 Å². The Morgan fingerprint density at radius 3 is 2.84 bits per heavy atom. The average molecular weight is 347 g/mol. The van der Waals surface area contributed by atoms with Gasteiger partial charge in [-0.2, -0.15) is 5.10 Å². The van der Waals surface area contributed by atoms with Crippen molar-refractivity contribution in [1.29, 1.82) is 0 Å². The maximum atomic E-state index is 12.3. The molecule has 1 aliphatic carbocycles. The molecule has 2 amide bonds. The van der Waals surface area contributed by atoms with Gasteiger partial charge in [-0.1, -0.05) is 0 Å². The Kier molecular flexibility index (Phi) is 4.69. The molecule has 1 aromatic heterocycles. The molecule has 1 aromatic rings. The van der Waals surface area contributed by atoms with Gasteiger partial charge in [0, 0.05) is 49.6 Å². The number of amides is 2. The Morgan fingerprint density at radius 1 is 1.36 bits per heavy atom. The van der Waals surface area contributed by atoms with E-state index in [-0.39, 0.29) is 18.2 Å². The first-order chi connectivity index (χ1) is 12.1. The minimum Gasteiger partial charge on any atom is -0.371 e. The van der Waals surface area contributed by atoms with Crippen molar-refractivity contribution in [2.24, 2.45) is 0 Å². The second-order valence-electron chi connectivity index (χ2n) is 7.80. The van der Waals surface area contributed by atoms with Crippen molar-refractivity contribution < 1.29 is 9.53 Å². The second-order valence-corrected chi connectivity index (χ2v) is 7.80. The fraction of sp³-hybridized carbons (Fsp3) is 0.778. The molecule has 1 saturated carbocycles. The number of nitrogens with zero attached hydrogens (tertiary/aromatic N) is 3. The van der Waals surface area contributed by atoms with E-state index in [9.17, 15) is 4.79 Å². The number of aromatic nitrogens is 2. The molecule has 1 unspecified atom stereocenters. The molecule has 4 rings (SSSR count). The predicted molar refractivity (Wildman–Crippen MR) is 94.4 cm³/mol. The van der Waals surface area contributed by atoms with Gasteiger partial charge in [0.05, 0.1) is 12.2 Å². The normalized spacial score (nSPS) is 29.6. The Hall–Kier alpha value is -1.60. The number of urea groups is 1. The number of likely N-dealkylation sites (tertiary alicyclic amines) is 1. The van der Waals surface area contributed by atoms with E-state index in [1.165, 1.54) is 25.8 Å². The van der Waals surface area contributed by atoms with E-state index < -0.39 is 0 Å². The molecule has 138 valence electrons. The van der Waals surface area contributed by atoms with Crippen LogP contribution in [-0.4, -0.2) is 58.5 Å². The predicted octanol–water partition coefficient (Wildman–Crippen LogP) is 1.83. The van der Waals surface area contributed by atoms with Crippen molar-refractivity contribution in [2.45, 2.75) is 69.8 Å². The van der Waals surface area contributed by atoms with E-state index in [0.29, 0.717) is 18.7 Å². The van der Waals surface area contributed by atoms with Crippen LogP contribution >= 0.6 is 0 Å². The van der Waals surface area contributed by atoms with Crippen molar-refractivity contribution in [2.75, 3.05) is 19.7 Å². The van der Waals surface area contributed by atoms with Crippen LogP contribution in [-0.2, 0) is 4.74 Å². The summed E-state index contributed by atoms with van der Waals surface area (Å²) in [5.41, 5.74) is 1.04. The zero-order chi connectivity index (χ0) is 17.4. The van der Waals surface area contributed by atoms with Gasteiger partial charge in [0.25, 0.3) is 0 Å². The molecule has 3 fully saturated rings. The molecule has 7 nitrogen and oxygen atoms in total. The highest BCUT2D eigenvalue weighted by Gasteiger charge is 2.39. The first kappa shape index (κ1) is 16.8. The number of hydrogen-bond donors (Lipinski definition) is 2. The van der Waals surface area contributed by atoms with Crippen molar-refractivity contribution in [3.8, 4) is 0 Å². The van der Waals surface area contributed by atoms with Crippen molar-refractivity contribution in [3.05, 3.63) is 18.0 Å². The van der Waals surface area contributed by atoms with E-state index in [4.69, 9.17) is 4.74 Å². The van der Waals surface area contributed by atoms with Crippen LogP contribution in [0.4, 0.5) is 4.79 Å². The molecule has 25 heavy (non-hydrogen) atoms. The summed E-state index contributed by atoms with van der Waals surface area (Å²) in [5, 5.41) is 10.5. The SMILES string of the molecule is CC(C)n1cc([C@@H]2OCC[C@H]2NC(=O)NCC2CCN2C2CC2)cn1. The molecule has 0 radical (unpaired) electrons. The van der Waals surface area contributed by atoms with Gasteiger partial charge in [0.15, 0.2) is 0 Å². The molecular weight excluding hydrogens is 318 g/mol.